The van der Waals surface area contributed by atoms with E-state index >= 15 is 0 Å². The van der Waals surface area contributed by atoms with Gasteiger partial charge in [-0.25, -0.2) is 32.9 Å². The summed E-state index contributed by atoms with van der Waals surface area (Å²) in [7, 11) is 5.24. The average Bonchev–Trinajstić information content (AvgIpc) is 3.05. The van der Waals surface area contributed by atoms with Crippen LogP contribution in [0.1, 0.15) is 26.4 Å². The summed E-state index contributed by atoms with van der Waals surface area (Å²) in [6.45, 7) is 2.66. The number of hydrogen-bond acceptors (Lipinski definition) is 14. The van der Waals surface area contributed by atoms with Crippen LogP contribution in [-0.2, 0) is 61.4 Å². The maximum Gasteiger partial charge on any atom is 1.00 e. The number of alkyl halides is 1. The first-order chi connectivity index (χ1) is 22.3. The van der Waals surface area contributed by atoms with Crippen LogP contribution in [0.15, 0.2) is 49.7 Å². The molecule has 20 heteroatoms. The summed E-state index contributed by atoms with van der Waals surface area (Å²) in [5.74, 6) is -0.988. The Balaban J connectivity index is 0.000000793. The molecule has 0 amide bonds. The number of carbonyl (C=O) groups excluding carboxylic acids is 2. The standard InChI is InChI=1S/C14H16N2O7.C11H12N2O5.C3H5BrO2.Na.H/c1-4-8-5-9(17)23-13-11(8)12(19)15(6-10(18)22-3)14(20)16(13)7-21-2;1-3-6-4-7(14)18-10-8(6)9(15)12-11(16)13(10)5-17-2;1-6-3(5)2-4;;/h5H,4,6-7H2,1-3H3;4H,3,5H2,1-2H3,(H,12,15,16);2H2,1H3;;/q;;;+1;-1. The van der Waals surface area contributed by atoms with E-state index in [0.717, 1.165) is 20.8 Å². The molecule has 4 aromatic heterocycles. The molecule has 0 aliphatic rings. The number of aromatic amines is 1. The second-order valence-corrected chi connectivity index (χ2v) is 9.72. The van der Waals surface area contributed by atoms with Crippen molar-refractivity contribution >= 4 is 50.1 Å². The van der Waals surface area contributed by atoms with E-state index in [9.17, 15) is 38.4 Å². The van der Waals surface area contributed by atoms with E-state index in [4.69, 9.17) is 18.3 Å². The number of aryl methyl sites for hydroxylation is 2. The number of nitrogens with one attached hydrogen (secondary N) is 1. The van der Waals surface area contributed by atoms with Gasteiger partial charge in [0, 0.05) is 26.4 Å². The maximum atomic E-state index is 12.6. The summed E-state index contributed by atoms with van der Waals surface area (Å²) in [4.78, 5) is 95.0. The van der Waals surface area contributed by atoms with Crippen LogP contribution in [0.4, 0.5) is 0 Å². The van der Waals surface area contributed by atoms with Gasteiger partial charge in [0.15, 0.2) is 0 Å². The van der Waals surface area contributed by atoms with E-state index in [1.54, 1.807) is 13.8 Å². The molecule has 0 fully saturated rings. The minimum atomic E-state index is -0.828. The predicted octanol–water partition coefficient (Wildman–Crippen LogP) is -3.06. The van der Waals surface area contributed by atoms with Gasteiger partial charge >= 0.3 is 64.1 Å². The molecule has 258 valence electrons. The number of esters is 2. The van der Waals surface area contributed by atoms with Gasteiger partial charge in [-0.1, -0.05) is 29.8 Å². The maximum absolute atomic E-state index is 12.6. The van der Waals surface area contributed by atoms with Crippen LogP contribution < -0.4 is 63.3 Å². The second kappa shape index (κ2) is 19.8. The molecular formula is C28H34BrN4NaO14. The summed E-state index contributed by atoms with van der Waals surface area (Å²) in [6.07, 6.45) is 0.858. The average molecular weight is 753 g/mol. The number of fused-ring (bicyclic) bond motifs is 2. The predicted molar refractivity (Wildman–Crippen MR) is 170 cm³/mol. The van der Waals surface area contributed by atoms with Crippen molar-refractivity contribution in [1.29, 1.82) is 0 Å². The normalized spacial score (nSPS) is 10.3. The van der Waals surface area contributed by atoms with Gasteiger partial charge in [-0.05, 0) is 24.0 Å². The molecule has 4 aromatic rings. The van der Waals surface area contributed by atoms with Crippen molar-refractivity contribution in [3.8, 4) is 0 Å². The molecule has 0 saturated carbocycles. The van der Waals surface area contributed by atoms with E-state index in [1.807, 2.05) is 0 Å². The largest absolute Gasteiger partial charge is 1.00 e. The fourth-order valence-corrected chi connectivity index (χ4v) is 4.34. The number of H-pyrrole nitrogens is 1. The van der Waals surface area contributed by atoms with Gasteiger partial charge in [0.25, 0.3) is 11.1 Å². The molecule has 1 N–H and O–H groups in total. The summed E-state index contributed by atoms with van der Waals surface area (Å²) in [6, 6.07) is 2.44. The zero-order chi connectivity index (χ0) is 35.4. The van der Waals surface area contributed by atoms with E-state index in [0.29, 0.717) is 24.0 Å². The number of rotatable bonds is 9. The van der Waals surface area contributed by atoms with Crippen LogP contribution in [0.2, 0.25) is 0 Å². The molecule has 0 saturated heterocycles. The first-order valence-electron chi connectivity index (χ1n) is 13.6. The van der Waals surface area contributed by atoms with Crippen molar-refractivity contribution < 1.29 is 68.4 Å². The fourth-order valence-electron chi connectivity index (χ4n) is 4.12. The fraction of sp³-hybridized carbons (Fsp3) is 0.429. The van der Waals surface area contributed by atoms with Gasteiger partial charge in [0.2, 0.25) is 11.4 Å². The molecule has 0 spiro atoms. The summed E-state index contributed by atoms with van der Waals surface area (Å²) < 4.78 is 31.3. The Kier molecular flexibility index (Phi) is 17.4. The van der Waals surface area contributed by atoms with E-state index < -0.39 is 46.3 Å². The van der Waals surface area contributed by atoms with Crippen LogP contribution in [0.5, 0.6) is 0 Å². The van der Waals surface area contributed by atoms with Crippen LogP contribution in [-0.4, -0.2) is 64.4 Å². The Hall–Kier alpha value is -3.88. The zero-order valence-corrected chi connectivity index (χ0v) is 30.9. The van der Waals surface area contributed by atoms with Crippen molar-refractivity contribution in [3.05, 3.63) is 85.8 Å². The quantitative estimate of drug-likeness (QED) is 0.102. The van der Waals surface area contributed by atoms with Gasteiger partial charge < -0.3 is 29.2 Å². The molecule has 0 aliphatic heterocycles. The van der Waals surface area contributed by atoms with Crippen LogP contribution >= 0.6 is 15.9 Å². The number of methoxy groups -OCH3 is 4. The zero-order valence-electron chi connectivity index (χ0n) is 28.3. The number of ether oxygens (including phenoxy) is 4. The minimum Gasteiger partial charge on any atom is -1.00 e. The third kappa shape index (κ3) is 10.1. The van der Waals surface area contributed by atoms with Crippen molar-refractivity contribution in [1.82, 2.24) is 18.7 Å². The van der Waals surface area contributed by atoms with E-state index in [-0.39, 0.29) is 77.9 Å². The second-order valence-electron chi connectivity index (χ2n) is 9.16. The molecule has 48 heavy (non-hydrogen) atoms. The van der Waals surface area contributed by atoms with Crippen molar-refractivity contribution in [3.63, 3.8) is 0 Å². The smallest absolute Gasteiger partial charge is 1.00 e. The number of hydrogen-bond donors (Lipinski definition) is 1. The molecule has 0 atom stereocenters. The Labute approximate surface area is 302 Å². The number of halogens is 1. The van der Waals surface area contributed by atoms with Crippen molar-refractivity contribution in [2.45, 2.75) is 46.7 Å². The third-order valence-corrected chi connectivity index (χ3v) is 6.74. The Bertz CT molecular complexity index is 2110. The molecule has 18 nitrogen and oxygen atoms in total. The number of carbonyl (C=O) groups is 2. The molecule has 0 bridgehead atoms. The van der Waals surface area contributed by atoms with Gasteiger partial charge in [-0.3, -0.25) is 24.2 Å². The van der Waals surface area contributed by atoms with E-state index in [1.165, 1.54) is 33.5 Å². The van der Waals surface area contributed by atoms with Crippen molar-refractivity contribution in [2.75, 3.05) is 33.8 Å². The summed E-state index contributed by atoms with van der Waals surface area (Å²) in [5, 5.41) is 0.546. The SMILES string of the molecule is CCc1cc(=O)oc2c1c(=O)[nH]c(=O)n2COC.CCc1cc(=O)oc2c1c(=O)n(CC(=O)OC)c(=O)n2COC.COC(=O)CBr.[H-].[Na+]. The topological polar surface area (TPSA) is 230 Å². The monoisotopic (exact) mass is 752 g/mol. The summed E-state index contributed by atoms with van der Waals surface area (Å²) >= 11 is 2.90. The molecule has 0 unspecified atom stereocenters. The minimum absolute atomic E-state index is 0. The van der Waals surface area contributed by atoms with Gasteiger partial charge in [-0.2, -0.15) is 0 Å². The summed E-state index contributed by atoms with van der Waals surface area (Å²) in [5.41, 5.74) is -3.35. The molecule has 4 rings (SSSR count). The molecule has 4 heterocycles. The third-order valence-electron chi connectivity index (χ3n) is 6.28. The Morgan fingerprint density at radius 1 is 0.771 bits per heavy atom. The van der Waals surface area contributed by atoms with E-state index in [2.05, 4.69) is 30.4 Å². The van der Waals surface area contributed by atoms with Crippen LogP contribution in [0, 0.1) is 0 Å². The Morgan fingerprint density at radius 3 is 1.69 bits per heavy atom. The number of aromatic nitrogens is 4. The van der Waals surface area contributed by atoms with Gasteiger partial charge in [-0.15, -0.1) is 0 Å². The molecule has 0 aromatic carbocycles. The van der Waals surface area contributed by atoms with Gasteiger partial charge in [0.1, 0.15) is 36.1 Å². The van der Waals surface area contributed by atoms with Crippen LogP contribution in [0.25, 0.3) is 22.2 Å². The van der Waals surface area contributed by atoms with Crippen molar-refractivity contribution in [2.24, 2.45) is 0 Å². The first-order valence-corrected chi connectivity index (χ1v) is 14.7. The van der Waals surface area contributed by atoms with Gasteiger partial charge in [0.05, 0.1) is 14.2 Å². The molecule has 0 radical (unpaired) electrons. The molecular weight excluding hydrogens is 719 g/mol. The first kappa shape index (κ1) is 42.1. The number of nitrogens with zero attached hydrogens (tertiary/aromatic N) is 3. The Morgan fingerprint density at radius 2 is 1.25 bits per heavy atom. The van der Waals surface area contributed by atoms with Crippen LogP contribution in [0.3, 0.4) is 0 Å². The molecule has 0 aliphatic carbocycles.